The second-order valence-corrected chi connectivity index (χ2v) is 22.5. The molecule has 0 spiro atoms. The first-order valence-corrected chi connectivity index (χ1v) is 28.1. The van der Waals surface area contributed by atoms with Crippen LogP contribution in [0.3, 0.4) is 0 Å². The van der Waals surface area contributed by atoms with Crippen molar-refractivity contribution < 1.29 is 57.4 Å². The molecule has 3 aliphatic carbocycles. The Balaban J connectivity index is 0.862. The Morgan fingerprint density at radius 1 is 0.795 bits per heavy atom. The lowest BCUT2D eigenvalue weighted by molar-refractivity contribution is -0.148. The van der Waals surface area contributed by atoms with E-state index < -0.39 is 70.8 Å². The van der Waals surface area contributed by atoms with Crippen LogP contribution in [-0.4, -0.2) is 148 Å². The van der Waals surface area contributed by atoms with Crippen LogP contribution in [0.2, 0.25) is 0 Å². The standard InChI is InChI=1S/C56H78N10O12/c1-5-12-38(49(70)54(75)60-35-20-21-35)62-53(74)48-36-16-9-15-34(36)32-66(48)55(76)37(56(2,3)4)29-44(68)47(33-13-7-6-8-14-33)65-52(73)42-31-58-41(30-59-42)43(67)18-11-25-77-27-28-78-26-24-57-45-19-10-17-39(61-45)50(71)63-40-22-23-46(69)64-51(40)72/h10,17,19,30-31,33-38,40,47-48H,5-9,11-16,18,20-29,32H2,1-4H3,(H,57,61)(H,60,75)(H,62,74)(H,63,71)(H,65,73)(H,64,69,72)/t34-,36-,37+,38-,40?,47-,48-/m0/s1. The summed E-state index contributed by atoms with van der Waals surface area (Å²) >= 11 is 0. The number of likely N-dealkylation sites (tertiary alicyclic amines) is 1. The molecule has 1 unspecified atom stereocenters. The number of amides is 7. The van der Waals surface area contributed by atoms with Crippen LogP contribution >= 0.6 is 0 Å². The number of pyridine rings is 1. The molecule has 2 aliphatic heterocycles. The monoisotopic (exact) mass is 1080 g/mol. The number of fused-ring (bicyclic) bond motifs is 1. The molecule has 22 heteroatoms. The first-order chi connectivity index (χ1) is 37.4. The Labute approximate surface area is 455 Å². The van der Waals surface area contributed by atoms with E-state index in [0.717, 1.165) is 51.4 Å². The highest BCUT2D eigenvalue weighted by Crippen LogP contribution is 2.44. The Bertz CT molecular complexity index is 2510. The summed E-state index contributed by atoms with van der Waals surface area (Å²) in [6.07, 6.45) is 12.3. The lowest BCUT2D eigenvalue weighted by Crippen LogP contribution is -2.56. The summed E-state index contributed by atoms with van der Waals surface area (Å²) in [5.74, 6) is -5.44. The van der Waals surface area contributed by atoms with E-state index in [1.165, 1.54) is 18.5 Å². The molecule has 4 heterocycles. The van der Waals surface area contributed by atoms with Crippen LogP contribution in [0.5, 0.6) is 0 Å². The third-order valence-electron chi connectivity index (χ3n) is 15.6. The minimum atomic E-state index is -1.02. The van der Waals surface area contributed by atoms with Gasteiger partial charge in [-0.1, -0.05) is 65.9 Å². The largest absolute Gasteiger partial charge is 0.379 e. The molecule has 424 valence electrons. The number of imide groups is 1. The van der Waals surface area contributed by atoms with E-state index in [9.17, 15) is 47.9 Å². The lowest BCUT2D eigenvalue weighted by Gasteiger charge is -2.37. The minimum Gasteiger partial charge on any atom is -0.379 e. The highest BCUT2D eigenvalue weighted by Gasteiger charge is 2.52. The normalized spacial score (nSPS) is 21.6. The summed E-state index contributed by atoms with van der Waals surface area (Å²) in [6.45, 7) is 9.48. The molecule has 2 aromatic rings. The molecular weight excluding hydrogens is 1000 g/mol. The van der Waals surface area contributed by atoms with Crippen LogP contribution in [0.4, 0.5) is 5.82 Å². The number of ketones is 3. The van der Waals surface area contributed by atoms with Crippen molar-refractivity contribution >= 4 is 64.5 Å². The fourth-order valence-corrected chi connectivity index (χ4v) is 11.1. The predicted octanol–water partition coefficient (Wildman–Crippen LogP) is 3.57. The number of aromatic nitrogens is 3. The second kappa shape index (κ2) is 27.9. The molecule has 0 bridgehead atoms. The van der Waals surface area contributed by atoms with E-state index >= 15 is 0 Å². The first-order valence-electron chi connectivity index (χ1n) is 28.1. The molecule has 78 heavy (non-hydrogen) atoms. The van der Waals surface area contributed by atoms with Gasteiger partial charge in [-0.3, -0.25) is 53.3 Å². The summed E-state index contributed by atoms with van der Waals surface area (Å²) in [4.78, 5) is 147. The Morgan fingerprint density at radius 3 is 2.22 bits per heavy atom. The van der Waals surface area contributed by atoms with Gasteiger partial charge in [-0.05, 0) is 93.1 Å². The maximum absolute atomic E-state index is 14.9. The first kappa shape index (κ1) is 59.1. The highest BCUT2D eigenvalue weighted by atomic mass is 16.5. The molecule has 3 saturated carbocycles. The number of ether oxygens (including phenoxy) is 2. The quantitative estimate of drug-likeness (QED) is 0.0307. The summed E-state index contributed by atoms with van der Waals surface area (Å²) in [5, 5.41) is 16.4. The van der Waals surface area contributed by atoms with Crippen molar-refractivity contribution in [3.05, 3.63) is 47.7 Å². The number of Topliss-reactive ketones (excluding diaryl/α,β-unsaturated/α-hetero) is 3. The van der Waals surface area contributed by atoms with Crippen molar-refractivity contribution in [3.8, 4) is 0 Å². The number of carbonyl (C=O) groups excluding carboxylic acids is 10. The van der Waals surface area contributed by atoms with Crippen molar-refractivity contribution in [3.63, 3.8) is 0 Å². The molecule has 7 amide bonds. The van der Waals surface area contributed by atoms with Gasteiger partial charge in [0.25, 0.3) is 17.7 Å². The molecule has 2 aromatic heterocycles. The fraction of sp³-hybridized carbons (Fsp3) is 0.661. The van der Waals surface area contributed by atoms with Crippen LogP contribution in [0, 0.1) is 29.1 Å². The van der Waals surface area contributed by atoms with Crippen molar-refractivity contribution in [1.29, 1.82) is 0 Å². The number of piperidine rings is 1. The van der Waals surface area contributed by atoms with E-state index in [2.05, 4.69) is 46.9 Å². The predicted molar refractivity (Wildman–Crippen MR) is 283 cm³/mol. The van der Waals surface area contributed by atoms with E-state index in [0.29, 0.717) is 57.8 Å². The van der Waals surface area contributed by atoms with Gasteiger partial charge in [0.05, 0.1) is 44.3 Å². The topological polar surface area (TPSA) is 303 Å². The zero-order valence-electron chi connectivity index (χ0n) is 45.5. The number of hydrogen-bond acceptors (Lipinski definition) is 16. The maximum Gasteiger partial charge on any atom is 0.289 e. The molecule has 7 atom stereocenters. The van der Waals surface area contributed by atoms with Crippen molar-refractivity contribution in [1.82, 2.24) is 46.4 Å². The van der Waals surface area contributed by atoms with Gasteiger partial charge in [0.1, 0.15) is 35.0 Å². The van der Waals surface area contributed by atoms with Gasteiger partial charge in [-0.25, -0.2) is 15.0 Å². The smallest absolute Gasteiger partial charge is 0.289 e. The Morgan fingerprint density at radius 2 is 1.53 bits per heavy atom. The van der Waals surface area contributed by atoms with Crippen LogP contribution < -0.4 is 31.9 Å². The summed E-state index contributed by atoms with van der Waals surface area (Å²) in [6, 6.07) is 1.24. The third kappa shape index (κ3) is 16.3. The average Bonchev–Trinajstić information content (AvgIpc) is 4.05. The highest BCUT2D eigenvalue weighted by molar-refractivity contribution is 6.38. The van der Waals surface area contributed by atoms with Crippen LogP contribution in [0.15, 0.2) is 30.6 Å². The molecule has 5 fully saturated rings. The van der Waals surface area contributed by atoms with E-state index in [1.807, 2.05) is 27.7 Å². The SMILES string of the molecule is CCC[C@H](NC(=O)[C@@H]1[C@H]2CCC[C@H]2CN1C(=O)[C@@H](CC(=O)[C@@H](NC(=O)c1cnc(C(=O)CCCOCCOCCNc2cccc(C(=O)NC3CCC(=O)NC3=O)n2)cn1)C1CCCCC1)C(C)(C)C)C(=O)C(=O)NC1CC1. The lowest BCUT2D eigenvalue weighted by atomic mass is 9.74. The molecule has 6 N–H and O–H groups in total. The fourth-order valence-electron chi connectivity index (χ4n) is 11.1. The summed E-state index contributed by atoms with van der Waals surface area (Å²) < 4.78 is 11.3. The van der Waals surface area contributed by atoms with Crippen LogP contribution in [0.1, 0.15) is 168 Å². The number of anilines is 1. The molecule has 0 aromatic carbocycles. The van der Waals surface area contributed by atoms with Gasteiger partial charge in [0.2, 0.25) is 29.4 Å². The average molecular weight is 1080 g/mol. The zero-order valence-corrected chi connectivity index (χ0v) is 45.5. The molecule has 5 aliphatic rings. The third-order valence-corrected chi connectivity index (χ3v) is 15.6. The molecule has 22 nitrogen and oxygen atoms in total. The second-order valence-electron chi connectivity index (χ2n) is 22.5. The van der Waals surface area contributed by atoms with E-state index in [4.69, 9.17) is 9.47 Å². The van der Waals surface area contributed by atoms with Gasteiger partial charge in [0.15, 0.2) is 11.6 Å². The summed E-state index contributed by atoms with van der Waals surface area (Å²) in [7, 11) is 0. The van der Waals surface area contributed by atoms with Gasteiger partial charge < -0.3 is 41.0 Å². The van der Waals surface area contributed by atoms with Gasteiger partial charge in [-0.2, -0.15) is 0 Å². The molecule has 7 rings (SSSR count). The Hall–Kier alpha value is -6.55. The van der Waals surface area contributed by atoms with Crippen molar-refractivity contribution in [2.45, 2.75) is 167 Å². The Kier molecular flexibility index (Phi) is 21.1. The number of rotatable bonds is 28. The molecule has 0 radical (unpaired) electrons. The minimum absolute atomic E-state index is 0.0187. The summed E-state index contributed by atoms with van der Waals surface area (Å²) in [5.41, 5.74) is -0.592. The van der Waals surface area contributed by atoms with Crippen molar-refractivity contribution in [2.24, 2.45) is 29.1 Å². The molecule has 2 saturated heterocycles. The number of carbonyl (C=O) groups is 10. The van der Waals surface area contributed by atoms with Gasteiger partial charge >= 0.3 is 0 Å². The van der Waals surface area contributed by atoms with Gasteiger partial charge in [0, 0.05) is 50.9 Å². The van der Waals surface area contributed by atoms with Crippen molar-refractivity contribution in [2.75, 3.05) is 44.8 Å². The number of nitrogens with zero attached hydrogens (tertiary/aromatic N) is 4. The van der Waals surface area contributed by atoms with E-state index in [-0.39, 0.29) is 110 Å². The van der Waals surface area contributed by atoms with E-state index in [1.54, 1.807) is 17.0 Å². The van der Waals surface area contributed by atoms with Crippen LogP contribution in [-0.2, 0) is 43.0 Å². The maximum atomic E-state index is 14.9. The van der Waals surface area contributed by atoms with Crippen LogP contribution in [0.25, 0.3) is 0 Å². The number of nitrogens with one attached hydrogen (secondary N) is 6. The number of hydrogen-bond donors (Lipinski definition) is 6. The molecular formula is C56H78N10O12. The zero-order chi connectivity index (χ0) is 55.9. The van der Waals surface area contributed by atoms with Gasteiger partial charge in [-0.15, -0.1) is 0 Å².